The number of aliphatic carboxylic acids is 1. The maximum Gasteiger partial charge on any atom is 0.244 e. The van der Waals surface area contributed by atoms with E-state index in [1.165, 1.54) is 11.0 Å². The number of ether oxygens (including phenoxy) is 1. The third kappa shape index (κ3) is 7.12. The molecule has 0 heterocycles. The zero-order chi connectivity index (χ0) is 15.7. The molecule has 0 aromatic heterocycles. The zero-order valence-corrected chi connectivity index (χ0v) is 12.2. The first-order chi connectivity index (χ1) is 9.99. The second-order valence-electron chi connectivity index (χ2n) is 4.77. The summed E-state index contributed by atoms with van der Waals surface area (Å²) in [5.41, 5.74) is 0.759. The van der Waals surface area contributed by atoms with E-state index >= 15 is 0 Å². The van der Waals surface area contributed by atoms with Crippen LogP contribution in [0.5, 0.6) is 5.75 Å². The molecule has 0 aliphatic rings. The number of amides is 1. The maximum atomic E-state index is 11.4. The number of hydrogen-bond acceptors (Lipinski definition) is 4. The SMILES string of the molecule is C[NH+](C)CCOc1ccccc1/C=C/C(=O)NCC(=O)[O-]. The Bertz CT molecular complexity index is 512. The van der Waals surface area contributed by atoms with Crippen LogP contribution in [0.3, 0.4) is 0 Å². The summed E-state index contributed by atoms with van der Waals surface area (Å²) >= 11 is 0. The van der Waals surface area contributed by atoms with Gasteiger partial charge in [-0.15, -0.1) is 0 Å². The number of carbonyl (C=O) groups is 2. The average molecular weight is 292 g/mol. The first kappa shape index (κ1) is 16.7. The van der Waals surface area contributed by atoms with Crippen molar-refractivity contribution < 1.29 is 24.3 Å². The van der Waals surface area contributed by atoms with Crippen LogP contribution in [0, 0.1) is 0 Å². The van der Waals surface area contributed by atoms with Crippen LogP contribution >= 0.6 is 0 Å². The molecule has 0 spiro atoms. The van der Waals surface area contributed by atoms with Crippen molar-refractivity contribution in [2.24, 2.45) is 0 Å². The highest BCUT2D eigenvalue weighted by molar-refractivity contribution is 5.93. The summed E-state index contributed by atoms with van der Waals surface area (Å²) in [6.45, 7) is 0.932. The van der Waals surface area contributed by atoms with E-state index in [0.717, 1.165) is 12.1 Å². The number of carboxylic acids is 1. The fraction of sp³-hybridized carbons (Fsp3) is 0.333. The van der Waals surface area contributed by atoms with E-state index in [9.17, 15) is 14.7 Å². The highest BCUT2D eigenvalue weighted by atomic mass is 16.5. The van der Waals surface area contributed by atoms with Gasteiger partial charge in [0, 0.05) is 11.6 Å². The number of carbonyl (C=O) groups excluding carboxylic acids is 2. The molecule has 0 saturated heterocycles. The van der Waals surface area contributed by atoms with E-state index in [2.05, 4.69) is 5.32 Å². The van der Waals surface area contributed by atoms with Gasteiger partial charge in [-0.2, -0.15) is 0 Å². The number of para-hydroxylation sites is 1. The van der Waals surface area contributed by atoms with Crippen molar-refractivity contribution in [1.82, 2.24) is 5.32 Å². The van der Waals surface area contributed by atoms with Crippen LogP contribution < -0.4 is 20.1 Å². The summed E-state index contributed by atoms with van der Waals surface area (Å²) in [4.78, 5) is 22.9. The molecule has 114 valence electrons. The minimum atomic E-state index is -1.33. The van der Waals surface area contributed by atoms with Crippen LogP contribution in [-0.2, 0) is 9.59 Å². The minimum absolute atomic E-state index is 0.494. The van der Waals surface area contributed by atoms with E-state index in [4.69, 9.17) is 4.74 Å². The molecule has 0 aliphatic carbocycles. The normalized spacial score (nSPS) is 10.8. The molecule has 0 unspecified atom stereocenters. The van der Waals surface area contributed by atoms with Gasteiger partial charge in [0.25, 0.3) is 0 Å². The number of benzene rings is 1. The Kier molecular flexibility index (Phi) is 6.97. The fourth-order valence-electron chi connectivity index (χ4n) is 1.50. The minimum Gasteiger partial charge on any atom is -0.548 e. The third-order valence-corrected chi connectivity index (χ3v) is 2.60. The lowest BCUT2D eigenvalue weighted by Gasteiger charge is -2.11. The quantitative estimate of drug-likeness (QED) is 0.548. The largest absolute Gasteiger partial charge is 0.548 e. The van der Waals surface area contributed by atoms with Gasteiger partial charge in [-0.05, 0) is 12.1 Å². The van der Waals surface area contributed by atoms with Crippen LogP contribution in [0.2, 0.25) is 0 Å². The predicted molar refractivity (Wildman–Crippen MR) is 76.7 cm³/mol. The Balaban J connectivity index is 2.61. The second-order valence-corrected chi connectivity index (χ2v) is 4.77. The van der Waals surface area contributed by atoms with Gasteiger partial charge in [0.2, 0.25) is 5.91 Å². The number of carboxylic acid groups (broad SMARTS) is 1. The van der Waals surface area contributed by atoms with Crippen molar-refractivity contribution in [2.75, 3.05) is 33.8 Å². The van der Waals surface area contributed by atoms with Gasteiger partial charge >= 0.3 is 0 Å². The lowest BCUT2D eigenvalue weighted by molar-refractivity contribution is -0.858. The molecule has 0 atom stereocenters. The van der Waals surface area contributed by atoms with Gasteiger partial charge < -0.3 is 24.9 Å². The van der Waals surface area contributed by atoms with Gasteiger partial charge in [-0.3, -0.25) is 4.79 Å². The Morgan fingerprint density at radius 3 is 2.71 bits per heavy atom. The molecule has 6 heteroatoms. The number of quaternary nitrogens is 1. The smallest absolute Gasteiger partial charge is 0.244 e. The van der Waals surface area contributed by atoms with Crippen molar-refractivity contribution in [3.05, 3.63) is 35.9 Å². The third-order valence-electron chi connectivity index (χ3n) is 2.60. The molecule has 0 radical (unpaired) electrons. The lowest BCUT2D eigenvalue weighted by Crippen LogP contribution is -3.06. The van der Waals surface area contributed by atoms with E-state index in [1.807, 2.05) is 38.4 Å². The van der Waals surface area contributed by atoms with Gasteiger partial charge in [0.1, 0.15) is 18.9 Å². The Morgan fingerprint density at radius 2 is 2.05 bits per heavy atom. The average Bonchev–Trinajstić information content (AvgIpc) is 2.43. The number of hydrogen-bond donors (Lipinski definition) is 2. The van der Waals surface area contributed by atoms with Gasteiger partial charge in [-0.25, -0.2) is 0 Å². The number of nitrogens with one attached hydrogen (secondary N) is 2. The molecule has 2 N–H and O–H groups in total. The molecule has 1 aromatic carbocycles. The summed E-state index contributed by atoms with van der Waals surface area (Å²) in [7, 11) is 4.08. The van der Waals surface area contributed by atoms with Crippen LogP contribution in [0.4, 0.5) is 0 Å². The molecule has 6 nitrogen and oxygen atoms in total. The molecular weight excluding hydrogens is 272 g/mol. The lowest BCUT2D eigenvalue weighted by atomic mass is 10.2. The molecule has 21 heavy (non-hydrogen) atoms. The first-order valence-electron chi connectivity index (χ1n) is 6.65. The van der Waals surface area contributed by atoms with E-state index in [-0.39, 0.29) is 0 Å². The van der Waals surface area contributed by atoms with E-state index < -0.39 is 18.4 Å². The van der Waals surface area contributed by atoms with Crippen molar-refractivity contribution in [2.45, 2.75) is 0 Å². The topological polar surface area (TPSA) is 82.9 Å². The Labute approximate surface area is 124 Å². The molecule has 0 fully saturated rings. The van der Waals surface area contributed by atoms with Crippen LogP contribution in [0.15, 0.2) is 30.3 Å². The molecule has 1 aromatic rings. The first-order valence-corrected chi connectivity index (χ1v) is 6.65. The zero-order valence-electron chi connectivity index (χ0n) is 12.2. The Morgan fingerprint density at radius 1 is 1.33 bits per heavy atom. The van der Waals surface area contributed by atoms with Crippen molar-refractivity contribution >= 4 is 18.0 Å². The summed E-state index contributed by atoms with van der Waals surface area (Å²) in [5.74, 6) is -1.14. The fourth-order valence-corrected chi connectivity index (χ4v) is 1.50. The summed E-state index contributed by atoms with van der Waals surface area (Å²) < 4.78 is 5.67. The number of rotatable bonds is 8. The highest BCUT2D eigenvalue weighted by Gasteiger charge is 2.02. The van der Waals surface area contributed by atoms with Gasteiger partial charge in [-0.1, -0.05) is 18.2 Å². The molecule has 1 rings (SSSR count). The van der Waals surface area contributed by atoms with E-state index in [1.54, 1.807) is 6.08 Å². The van der Waals surface area contributed by atoms with Crippen LogP contribution in [0.25, 0.3) is 6.08 Å². The van der Waals surface area contributed by atoms with Gasteiger partial charge in [0.05, 0.1) is 26.6 Å². The van der Waals surface area contributed by atoms with Crippen molar-refractivity contribution in [3.63, 3.8) is 0 Å². The van der Waals surface area contributed by atoms with Crippen molar-refractivity contribution in [3.8, 4) is 5.75 Å². The molecular formula is C15H20N2O4. The van der Waals surface area contributed by atoms with Crippen LogP contribution in [-0.4, -0.2) is 45.7 Å². The van der Waals surface area contributed by atoms with Gasteiger partial charge in [0.15, 0.2) is 0 Å². The summed E-state index contributed by atoms with van der Waals surface area (Å²) in [5, 5.41) is 12.4. The maximum absolute atomic E-state index is 11.4. The number of likely N-dealkylation sites (N-methyl/N-ethyl adjacent to an activating group) is 1. The molecule has 0 saturated carbocycles. The van der Waals surface area contributed by atoms with E-state index in [0.29, 0.717) is 12.4 Å². The molecule has 0 bridgehead atoms. The van der Waals surface area contributed by atoms with Crippen molar-refractivity contribution in [1.29, 1.82) is 0 Å². The predicted octanol–water partition coefficient (Wildman–Crippen LogP) is -1.91. The summed E-state index contributed by atoms with van der Waals surface area (Å²) in [6.07, 6.45) is 2.85. The second kappa shape index (κ2) is 8.76. The monoisotopic (exact) mass is 292 g/mol. The summed E-state index contributed by atoms with van der Waals surface area (Å²) in [6, 6.07) is 7.33. The van der Waals surface area contributed by atoms with Crippen LogP contribution in [0.1, 0.15) is 5.56 Å². The standard InChI is InChI=1S/C15H20N2O4/c1-17(2)9-10-21-13-6-4-3-5-12(13)7-8-14(18)16-11-15(19)20/h3-8H,9-11H2,1-2H3,(H,16,18)(H,19,20)/b8-7+. The molecule has 1 amide bonds. The Hall–Kier alpha value is -2.34. The highest BCUT2D eigenvalue weighted by Crippen LogP contribution is 2.19. The molecule has 0 aliphatic heterocycles.